The first-order valence-corrected chi connectivity index (χ1v) is 8.15. The molecular weight excluding hydrogens is 279 g/mol. The van der Waals surface area contributed by atoms with E-state index in [4.69, 9.17) is 0 Å². The summed E-state index contributed by atoms with van der Waals surface area (Å²) in [5.74, 6) is 0.621. The van der Waals surface area contributed by atoms with E-state index in [0.717, 1.165) is 28.2 Å². The number of hydrogen-bond donors (Lipinski definition) is 1. The summed E-state index contributed by atoms with van der Waals surface area (Å²) in [7, 11) is 0. The summed E-state index contributed by atoms with van der Waals surface area (Å²) >= 11 is 3.36. The largest absolute Gasteiger partial charge is 0.309 e. The minimum Gasteiger partial charge on any atom is -0.309 e. The number of rotatable bonds is 6. The van der Waals surface area contributed by atoms with E-state index in [1.807, 2.05) is 12.3 Å². The number of nitrogens with one attached hydrogen (secondary N) is 1. The molecule has 0 radical (unpaired) electrons. The van der Waals surface area contributed by atoms with Gasteiger partial charge in [0.15, 0.2) is 0 Å². The summed E-state index contributed by atoms with van der Waals surface area (Å²) in [6, 6.07) is 7.43. The second-order valence-electron chi connectivity index (χ2n) is 4.62. The lowest BCUT2D eigenvalue weighted by Crippen LogP contribution is -2.14. The van der Waals surface area contributed by atoms with Gasteiger partial charge in [0.1, 0.15) is 10.8 Å². The topological polar surface area (TPSA) is 24.9 Å². The maximum absolute atomic E-state index is 13.0. The summed E-state index contributed by atoms with van der Waals surface area (Å²) in [4.78, 5) is 6.65. The molecule has 0 unspecified atom stereocenters. The molecule has 3 rings (SSSR count). The van der Waals surface area contributed by atoms with Crippen LogP contribution >= 0.6 is 23.1 Å². The van der Waals surface area contributed by atoms with Crippen LogP contribution in [-0.2, 0) is 12.3 Å². The van der Waals surface area contributed by atoms with Crippen molar-refractivity contribution in [2.24, 2.45) is 0 Å². The van der Waals surface area contributed by atoms with Crippen molar-refractivity contribution in [2.45, 2.75) is 36.1 Å². The molecule has 2 aromatic rings. The van der Waals surface area contributed by atoms with Gasteiger partial charge in [0.05, 0.1) is 5.75 Å². The quantitative estimate of drug-likeness (QED) is 0.820. The van der Waals surface area contributed by atoms with E-state index in [0.29, 0.717) is 0 Å². The second-order valence-corrected chi connectivity index (χ2v) is 6.87. The summed E-state index contributed by atoms with van der Waals surface area (Å²) in [5, 5.41) is 4.58. The van der Waals surface area contributed by atoms with Crippen molar-refractivity contribution in [1.82, 2.24) is 10.3 Å². The Labute approximate surface area is 120 Å². The molecule has 0 spiro atoms. The van der Waals surface area contributed by atoms with Crippen LogP contribution in [0.3, 0.4) is 0 Å². The molecule has 0 bridgehead atoms. The molecular formula is C14H15FN2S2. The van der Waals surface area contributed by atoms with Crippen molar-refractivity contribution in [3.05, 3.63) is 46.2 Å². The van der Waals surface area contributed by atoms with Crippen molar-refractivity contribution < 1.29 is 4.39 Å². The molecule has 5 heteroatoms. The molecule has 0 saturated heterocycles. The molecule has 1 aromatic carbocycles. The highest BCUT2D eigenvalue weighted by Crippen LogP contribution is 2.26. The van der Waals surface area contributed by atoms with Gasteiger partial charge in [-0.2, -0.15) is 0 Å². The van der Waals surface area contributed by atoms with Crippen LogP contribution in [-0.4, -0.2) is 11.0 Å². The molecule has 19 heavy (non-hydrogen) atoms. The van der Waals surface area contributed by atoms with Gasteiger partial charge in [-0.05, 0) is 31.0 Å². The molecule has 0 aliphatic heterocycles. The summed E-state index contributed by atoms with van der Waals surface area (Å²) < 4.78 is 13.0. The Kier molecular flexibility index (Phi) is 4.15. The van der Waals surface area contributed by atoms with E-state index in [1.54, 1.807) is 35.2 Å². The highest BCUT2D eigenvalue weighted by Gasteiger charge is 2.20. The SMILES string of the molecule is Fc1cccc(SCc2ncc(CNC3CC3)s2)c1. The number of thioether (sulfide) groups is 1. The van der Waals surface area contributed by atoms with Crippen molar-refractivity contribution in [3.63, 3.8) is 0 Å². The van der Waals surface area contributed by atoms with Crippen LogP contribution in [0.15, 0.2) is 35.4 Å². The van der Waals surface area contributed by atoms with Crippen LogP contribution in [0.25, 0.3) is 0 Å². The van der Waals surface area contributed by atoms with E-state index in [-0.39, 0.29) is 5.82 Å². The molecule has 0 amide bonds. The predicted molar refractivity (Wildman–Crippen MR) is 77.9 cm³/mol. The molecule has 1 fully saturated rings. The molecule has 1 aromatic heterocycles. The average molecular weight is 294 g/mol. The Morgan fingerprint density at radius 2 is 2.32 bits per heavy atom. The Bertz CT molecular complexity index is 552. The zero-order valence-corrected chi connectivity index (χ0v) is 12.1. The zero-order chi connectivity index (χ0) is 13.1. The van der Waals surface area contributed by atoms with Gasteiger partial charge in [-0.3, -0.25) is 0 Å². The average Bonchev–Trinajstić information content (AvgIpc) is 3.13. The minimum atomic E-state index is -0.182. The van der Waals surface area contributed by atoms with Crippen LogP contribution in [0.4, 0.5) is 4.39 Å². The van der Waals surface area contributed by atoms with Crippen LogP contribution in [0.2, 0.25) is 0 Å². The van der Waals surface area contributed by atoms with E-state index in [9.17, 15) is 4.39 Å². The molecule has 1 N–H and O–H groups in total. The standard InChI is InChI=1S/C14H15FN2S2/c15-10-2-1-3-12(6-10)18-9-14-17-8-13(19-14)7-16-11-4-5-11/h1-3,6,8,11,16H,4-5,7,9H2. The molecule has 1 aliphatic rings. The van der Waals surface area contributed by atoms with Gasteiger partial charge in [0, 0.05) is 28.6 Å². The fraction of sp³-hybridized carbons (Fsp3) is 0.357. The van der Waals surface area contributed by atoms with Crippen molar-refractivity contribution in [1.29, 1.82) is 0 Å². The lowest BCUT2D eigenvalue weighted by Gasteiger charge is -1.99. The number of halogens is 1. The van der Waals surface area contributed by atoms with Crippen molar-refractivity contribution in [2.75, 3.05) is 0 Å². The van der Waals surface area contributed by atoms with Gasteiger partial charge in [-0.1, -0.05) is 6.07 Å². The van der Waals surface area contributed by atoms with E-state index >= 15 is 0 Å². The van der Waals surface area contributed by atoms with Crippen LogP contribution < -0.4 is 5.32 Å². The van der Waals surface area contributed by atoms with Gasteiger partial charge in [-0.15, -0.1) is 23.1 Å². The Balaban J connectivity index is 1.51. The summed E-state index contributed by atoms with van der Waals surface area (Å²) in [5.41, 5.74) is 0. The third kappa shape index (κ3) is 4.03. The number of nitrogens with zero attached hydrogens (tertiary/aromatic N) is 1. The third-order valence-electron chi connectivity index (χ3n) is 2.90. The number of benzene rings is 1. The molecule has 1 saturated carbocycles. The highest BCUT2D eigenvalue weighted by molar-refractivity contribution is 7.98. The van der Waals surface area contributed by atoms with Gasteiger partial charge in [0.25, 0.3) is 0 Å². The molecule has 100 valence electrons. The zero-order valence-electron chi connectivity index (χ0n) is 10.4. The first kappa shape index (κ1) is 13.1. The van der Waals surface area contributed by atoms with Gasteiger partial charge >= 0.3 is 0 Å². The normalized spacial score (nSPS) is 14.8. The smallest absolute Gasteiger partial charge is 0.124 e. The Morgan fingerprint density at radius 3 is 3.11 bits per heavy atom. The van der Waals surface area contributed by atoms with E-state index in [1.165, 1.54) is 23.8 Å². The maximum atomic E-state index is 13.0. The molecule has 0 atom stereocenters. The Morgan fingerprint density at radius 1 is 1.42 bits per heavy atom. The van der Waals surface area contributed by atoms with E-state index in [2.05, 4.69) is 10.3 Å². The van der Waals surface area contributed by atoms with Gasteiger partial charge in [-0.25, -0.2) is 9.37 Å². The van der Waals surface area contributed by atoms with Crippen LogP contribution in [0, 0.1) is 5.82 Å². The highest BCUT2D eigenvalue weighted by atomic mass is 32.2. The lowest BCUT2D eigenvalue weighted by molar-refractivity contribution is 0.624. The van der Waals surface area contributed by atoms with Crippen molar-refractivity contribution in [3.8, 4) is 0 Å². The van der Waals surface area contributed by atoms with Gasteiger partial charge in [0.2, 0.25) is 0 Å². The Hall–Kier alpha value is -0.910. The summed E-state index contributed by atoms with van der Waals surface area (Å²) in [6.07, 6.45) is 4.56. The van der Waals surface area contributed by atoms with Gasteiger partial charge < -0.3 is 5.32 Å². The summed E-state index contributed by atoms with van der Waals surface area (Å²) in [6.45, 7) is 0.924. The number of hydrogen-bond acceptors (Lipinski definition) is 4. The molecule has 1 heterocycles. The molecule has 1 aliphatic carbocycles. The number of thiazole rings is 1. The first-order chi connectivity index (χ1) is 9.29. The first-order valence-electron chi connectivity index (χ1n) is 6.35. The lowest BCUT2D eigenvalue weighted by atomic mass is 10.4. The van der Waals surface area contributed by atoms with E-state index < -0.39 is 0 Å². The fourth-order valence-electron chi connectivity index (χ4n) is 1.73. The fourth-order valence-corrected chi connectivity index (χ4v) is 3.55. The van der Waals surface area contributed by atoms with Crippen LogP contribution in [0.1, 0.15) is 22.7 Å². The monoisotopic (exact) mass is 294 g/mol. The minimum absolute atomic E-state index is 0.182. The number of aromatic nitrogens is 1. The van der Waals surface area contributed by atoms with Crippen LogP contribution in [0.5, 0.6) is 0 Å². The van der Waals surface area contributed by atoms with Crippen molar-refractivity contribution >= 4 is 23.1 Å². The third-order valence-corrected chi connectivity index (χ3v) is 5.09. The maximum Gasteiger partial charge on any atom is 0.124 e. The predicted octanol–water partition coefficient (Wildman–Crippen LogP) is 3.83. The second kappa shape index (κ2) is 6.03. The molecule has 2 nitrogen and oxygen atoms in total.